The van der Waals surface area contributed by atoms with Crippen molar-refractivity contribution in [2.75, 3.05) is 31.1 Å². The standard InChI is InChI=1S/C19H20N4O/c20-13-15-5-3-7-21-19(15)23-10-8-22(9-11-23)17-12-14-4-1-2-6-16(14)18(17)24/h1-7,17-18,24H,8-12H2. The first-order valence-electron chi connectivity index (χ1n) is 8.38. The van der Waals surface area contributed by atoms with Gasteiger partial charge >= 0.3 is 0 Å². The lowest BCUT2D eigenvalue weighted by Gasteiger charge is -2.39. The van der Waals surface area contributed by atoms with E-state index >= 15 is 0 Å². The van der Waals surface area contributed by atoms with Crippen LogP contribution in [0.5, 0.6) is 0 Å². The van der Waals surface area contributed by atoms with Crippen LogP contribution in [-0.4, -0.2) is 47.2 Å². The third kappa shape index (κ3) is 2.54. The van der Waals surface area contributed by atoms with Gasteiger partial charge in [-0.1, -0.05) is 24.3 Å². The number of aliphatic hydroxyl groups excluding tert-OH is 1. The van der Waals surface area contributed by atoms with Crippen molar-refractivity contribution in [1.82, 2.24) is 9.88 Å². The number of benzene rings is 1. The first-order chi connectivity index (χ1) is 11.8. The Morgan fingerprint density at radius 1 is 1.08 bits per heavy atom. The lowest BCUT2D eigenvalue weighted by atomic mass is 10.1. The zero-order valence-electron chi connectivity index (χ0n) is 13.5. The first-order valence-corrected chi connectivity index (χ1v) is 8.38. The van der Waals surface area contributed by atoms with Crippen molar-refractivity contribution in [3.63, 3.8) is 0 Å². The minimum absolute atomic E-state index is 0.156. The largest absolute Gasteiger partial charge is 0.387 e. The topological polar surface area (TPSA) is 63.4 Å². The molecule has 5 heteroatoms. The number of rotatable bonds is 2. The predicted octanol–water partition coefficient (Wildman–Crippen LogP) is 1.73. The van der Waals surface area contributed by atoms with Gasteiger partial charge < -0.3 is 10.0 Å². The van der Waals surface area contributed by atoms with E-state index in [0.717, 1.165) is 44.0 Å². The second kappa shape index (κ2) is 6.23. The molecule has 4 rings (SSSR count). The van der Waals surface area contributed by atoms with Crippen LogP contribution in [0.3, 0.4) is 0 Å². The molecule has 2 atom stereocenters. The van der Waals surface area contributed by atoms with Gasteiger partial charge in [-0.25, -0.2) is 4.98 Å². The second-order valence-corrected chi connectivity index (χ2v) is 6.42. The van der Waals surface area contributed by atoms with Crippen LogP contribution in [0, 0.1) is 11.3 Å². The fourth-order valence-electron chi connectivity index (χ4n) is 3.88. The predicted molar refractivity (Wildman–Crippen MR) is 91.6 cm³/mol. The van der Waals surface area contributed by atoms with Crippen molar-refractivity contribution in [1.29, 1.82) is 5.26 Å². The molecule has 1 aliphatic carbocycles. The first kappa shape index (κ1) is 15.1. The summed E-state index contributed by atoms with van der Waals surface area (Å²) < 4.78 is 0. The quantitative estimate of drug-likeness (QED) is 0.913. The Kier molecular flexibility index (Phi) is 3.93. The van der Waals surface area contributed by atoms with E-state index in [-0.39, 0.29) is 6.04 Å². The zero-order valence-corrected chi connectivity index (χ0v) is 13.5. The number of fused-ring (bicyclic) bond motifs is 1. The van der Waals surface area contributed by atoms with Crippen LogP contribution in [0.4, 0.5) is 5.82 Å². The second-order valence-electron chi connectivity index (χ2n) is 6.42. The molecule has 2 unspecified atom stereocenters. The van der Waals surface area contributed by atoms with E-state index in [1.165, 1.54) is 5.56 Å². The Bertz CT molecular complexity index is 777. The number of nitrogens with zero attached hydrogens (tertiary/aromatic N) is 4. The van der Waals surface area contributed by atoms with Crippen LogP contribution in [-0.2, 0) is 6.42 Å². The number of nitriles is 1. The SMILES string of the molecule is N#Cc1cccnc1N1CCN(C2Cc3ccccc3C2O)CC1. The Labute approximate surface area is 141 Å². The van der Waals surface area contributed by atoms with E-state index < -0.39 is 6.10 Å². The van der Waals surface area contributed by atoms with Crippen molar-refractivity contribution >= 4 is 5.82 Å². The van der Waals surface area contributed by atoms with Gasteiger partial charge in [-0.15, -0.1) is 0 Å². The highest BCUT2D eigenvalue weighted by atomic mass is 16.3. The van der Waals surface area contributed by atoms with Gasteiger partial charge in [0.1, 0.15) is 11.9 Å². The summed E-state index contributed by atoms with van der Waals surface area (Å²) in [5.74, 6) is 0.773. The van der Waals surface area contributed by atoms with E-state index in [1.54, 1.807) is 12.3 Å². The number of piperazine rings is 1. The summed E-state index contributed by atoms with van der Waals surface area (Å²) in [6.07, 6.45) is 2.24. The normalized spacial score (nSPS) is 23.8. The molecule has 0 bridgehead atoms. The van der Waals surface area contributed by atoms with Gasteiger partial charge in [-0.2, -0.15) is 5.26 Å². The molecule has 1 saturated heterocycles. The summed E-state index contributed by atoms with van der Waals surface area (Å²) in [5.41, 5.74) is 2.95. The summed E-state index contributed by atoms with van der Waals surface area (Å²) in [6, 6.07) is 14.2. The number of hydrogen-bond acceptors (Lipinski definition) is 5. The number of anilines is 1. The van der Waals surface area contributed by atoms with E-state index in [9.17, 15) is 10.4 Å². The summed E-state index contributed by atoms with van der Waals surface area (Å²) in [7, 11) is 0. The maximum atomic E-state index is 10.6. The van der Waals surface area contributed by atoms with E-state index in [0.29, 0.717) is 5.56 Å². The summed E-state index contributed by atoms with van der Waals surface area (Å²) >= 11 is 0. The van der Waals surface area contributed by atoms with Gasteiger partial charge in [0, 0.05) is 38.4 Å². The Hall–Kier alpha value is -2.42. The number of aliphatic hydroxyl groups is 1. The average molecular weight is 320 g/mol. The van der Waals surface area contributed by atoms with Crippen molar-refractivity contribution in [3.8, 4) is 6.07 Å². The lowest BCUT2D eigenvalue weighted by Crippen LogP contribution is -2.52. The Balaban J connectivity index is 1.45. The molecule has 1 fully saturated rings. The smallest absolute Gasteiger partial charge is 0.146 e. The molecule has 122 valence electrons. The fourth-order valence-corrected chi connectivity index (χ4v) is 3.88. The van der Waals surface area contributed by atoms with Crippen LogP contribution in [0.15, 0.2) is 42.6 Å². The summed E-state index contributed by atoms with van der Waals surface area (Å²) in [4.78, 5) is 8.92. The molecule has 0 radical (unpaired) electrons. The molecule has 24 heavy (non-hydrogen) atoms. The summed E-state index contributed by atoms with van der Waals surface area (Å²) in [6.45, 7) is 3.39. The average Bonchev–Trinajstić information content (AvgIpc) is 2.99. The van der Waals surface area contributed by atoms with Gasteiger partial charge in [0.15, 0.2) is 0 Å². The number of hydrogen-bond donors (Lipinski definition) is 1. The van der Waals surface area contributed by atoms with E-state index in [1.807, 2.05) is 24.3 Å². The minimum atomic E-state index is -0.405. The molecule has 0 spiro atoms. The van der Waals surface area contributed by atoms with Crippen molar-refractivity contribution in [2.45, 2.75) is 18.6 Å². The number of aromatic nitrogens is 1. The highest BCUT2D eigenvalue weighted by Crippen LogP contribution is 2.35. The molecule has 1 N–H and O–H groups in total. The minimum Gasteiger partial charge on any atom is -0.387 e. The van der Waals surface area contributed by atoms with Gasteiger partial charge in [-0.3, -0.25) is 4.90 Å². The van der Waals surface area contributed by atoms with Crippen molar-refractivity contribution in [2.24, 2.45) is 0 Å². The Morgan fingerprint density at radius 2 is 1.88 bits per heavy atom. The third-order valence-corrected chi connectivity index (χ3v) is 5.16. The molecule has 1 aromatic heterocycles. The lowest BCUT2D eigenvalue weighted by molar-refractivity contribution is 0.0571. The van der Waals surface area contributed by atoms with Crippen LogP contribution >= 0.6 is 0 Å². The van der Waals surface area contributed by atoms with Gasteiger partial charge in [0.05, 0.1) is 11.7 Å². The maximum Gasteiger partial charge on any atom is 0.146 e. The molecule has 0 saturated carbocycles. The zero-order chi connectivity index (χ0) is 16.5. The van der Waals surface area contributed by atoms with Crippen molar-refractivity contribution < 1.29 is 5.11 Å². The molecule has 5 nitrogen and oxygen atoms in total. The highest BCUT2D eigenvalue weighted by Gasteiger charge is 2.36. The van der Waals surface area contributed by atoms with E-state index in [2.05, 4.69) is 26.9 Å². The molecule has 2 aliphatic rings. The van der Waals surface area contributed by atoms with Gasteiger partial charge in [-0.05, 0) is 29.7 Å². The van der Waals surface area contributed by atoms with Crippen LogP contribution in [0.1, 0.15) is 22.8 Å². The monoisotopic (exact) mass is 320 g/mol. The molecule has 1 aliphatic heterocycles. The van der Waals surface area contributed by atoms with Crippen LogP contribution in [0.2, 0.25) is 0 Å². The molecule has 0 amide bonds. The van der Waals surface area contributed by atoms with Gasteiger partial charge in [0.2, 0.25) is 0 Å². The fraction of sp³-hybridized carbons (Fsp3) is 0.368. The molecular formula is C19H20N4O. The molecule has 2 heterocycles. The highest BCUT2D eigenvalue weighted by molar-refractivity contribution is 5.53. The Morgan fingerprint density at radius 3 is 2.62 bits per heavy atom. The third-order valence-electron chi connectivity index (χ3n) is 5.16. The van der Waals surface area contributed by atoms with Gasteiger partial charge in [0.25, 0.3) is 0 Å². The van der Waals surface area contributed by atoms with Crippen LogP contribution < -0.4 is 4.90 Å². The number of pyridine rings is 1. The summed E-state index contributed by atoms with van der Waals surface area (Å²) in [5, 5.41) is 19.9. The molecule has 2 aromatic rings. The van der Waals surface area contributed by atoms with Crippen molar-refractivity contribution in [3.05, 3.63) is 59.3 Å². The van der Waals surface area contributed by atoms with Crippen LogP contribution in [0.25, 0.3) is 0 Å². The molecule has 1 aromatic carbocycles. The maximum absolute atomic E-state index is 10.6. The molecular weight excluding hydrogens is 300 g/mol. The van der Waals surface area contributed by atoms with E-state index in [4.69, 9.17) is 0 Å².